The molecule has 1 aliphatic rings. The molecule has 0 spiro atoms. The number of anilines is 1. The van der Waals surface area contributed by atoms with Crippen LogP contribution >= 0.6 is 0 Å². The predicted octanol–water partition coefficient (Wildman–Crippen LogP) is 3.08. The monoisotopic (exact) mass is 327 g/mol. The van der Waals surface area contributed by atoms with Crippen LogP contribution in [0.15, 0.2) is 42.5 Å². The molecular weight excluding hydrogens is 310 g/mol. The summed E-state index contributed by atoms with van der Waals surface area (Å²) in [6, 6.07) is 10.7. The standard InChI is InChI=1S/C18H17NO5/c1-21-13-5-6-14(16(10-13)22-2)19-18(20)8-4-12-3-7-15-17(9-12)24-11-23-15/h3-10H,11H2,1-2H3,(H,19,20). The molecule has 0 fully saturated rings. The molecule has 0 saturated heterocycles. The van der Waals surface area contributed by atoms with E-state index in [1.54, 1.807) is 31.4 Å². The Kier molecular flexibility index (Phi) is 4.56. The lowest BCUT2D eigenvalue weighted by Crippen LogP contribution is -2.08. The molecule has 1 heterocycles. The van der Waals surface area contributed by atoms with Gasteiger partial charge in [-0.05, 0) is 35.9 Å². The summed E-state index contributed by atoms with van der Waals surface area (Å²) < 4.78 is 20.9. The van der Waals surface area contributed by atoms with Crippen molar-refractivity contribution in [2.45, 2.75) is 0 Å². The maximum absolute atomic E-state index is 12.1. The fourth-order valence-corrected chi connectivity index (χ4v) is 2.26. The van der Waals surface area contributed by atoms with Crippen molar-refractivity contribution in [1.82, 2.24) is 0 Å². The van der Waals surface area contributed by atoms with E-state index in [-0.39, 0.29) is 12.7 Å². The zero-order valence-electron chi connectivity index (χ0n) is 13.4. The number of rotatable bonds is 5. The normalized spacial score (nSPS) is 12.2. The van der Waals surface area contributed by atoms with E-state index >= 15 is 0 Å². The molecule has 24 heavy (non-hydrogen) atoms. The van der Waals surface area contributed by atoms with Gasteiger partial charge in [0.15, 0.2) is 11.5 Å². The van der Waals surface area contributed by atoms with Crippen LogP contribution in [0.2, 0.25) is 0 Å². The van der Waals surface area contributed by atoms with Crippen molar-refractivity contribution in [2.24, 2.45) is 0 Å². The van der Waals surface area contributed by atoms with Gasteiger partial charge >= 0.3 is 0 Å². The quantitative estimate of drug-likeness (QED) is 0.855. The summed E-state index contributed by atoms with van der Waals surface area (Å²) in [5, 5.41) is 2.77. The maximum Gasteiger partial charge on any atom is 0.248 e. The smallest absolute Gasteiger partial charge is 0.248 e. The molecule has 1 aliphatic heterocycles. The Labute approximate surface area is 139 Å². The Morgan fingerprint density at radius 2 is 1.92 bits per heavy atom. The molecule has 1 N–H and O–H groups in total. The third-order valence-electron chi connectivity index (χ3n) is 3.49. The van der Waals surface area contributed by atoms with Crippen LogP contribution in [0.4, 0.5) is 5.69 Å². The van der Waals surface area contributed by atoms with Crippen molar-refractivity contribution in [2.75, 3.05) is 26.3 Å². The summed E-state index contributed by atoms with van der Waals surface area (Å²) >= 11 is 0. The van der Waals surface area contributed by atoms with Crippen LogP contribution in [0.3, 0.4) is 0 Å². The molecule has 6 heteroatoms. The van der Waals surface area contributed by atoms with Gasteiger partial charge in [0.2, 0.25) is 12.7 Å². The molecule has 0 aliphatic carbocycles. The van der Waals surface area contributed by atoms with Gasteiger partial charge in [-0.2, -0.15) is 0 Å². The van der Waals surface area contributed by atoms with Crippen LogP contribution in [0, 0.1) is 0 Å². The Morgan fingerprint density at radius 3 is 2.71 bits per heavy atom. The van der Waals surface area contributed by atoms with E-state index in [9.17, 15) is 4.79 Å². The highest BCUT2D eigenvalue weighted by atomic mass is 16.7. The summed E-state index contributed by atoms with van der Waals surface area (Å²) in [6.45, 7) is 0.222. The first kappa shape index (κ1) is 15.7. The van der Waals surface area contributed by atoms with Crippen LogP contribution in [-0.4, -0.2) is 26.9 Å². The number of benzene rings is 2. The predicted molar refractivity (Wildman–Crippen MR) is 89.8 cm³/mol. The zero-order chi connectivity index (χ0) is 16.9. The van der Waals surface area contributed by atoms with Gasteiger partial charge in [-0.1, -0.05) is 6.07 Å². The zero-order valence-corrected chi connectivity index (χ0v) is 13.4. The first-order chi connectivity index (χ1) is 11.7. The van der Waals surface area contributed by atoms with Crippen molar-refractivity contribution < 1.29 is 23.7 Å². The van der Waals surface area contributed by atoms with Crippen molar-refractivity contribution >= 4 is 17.7 Å². The average molecular weight is 327 g/mol. The maximum atomic E-state index is 12.1. The lowest BCUT2D eigenvalue weighted by atomic mass is 10.2. The number of amides is 1. The van der Waals surface area contributed by atoms with E-state index in [0.29, 0.717) is 28.7 Å². The first-order valence-electron chi connectivity index (χ1n) is 7.30. The van der Waals surface area contributed by atoms with Gasteiger partial charge in [0.05, 0.1) is 19.9 Å². The van der Waals surface area contributed by atoms with Gasteiger partial charge in [0, 0.05) is 12.1 Å². The number of hydrogen-bond donors (Lipinski definition) is 1. The molecule has 0 unspecified atom stereocenters. The third kappa shape index (κ3) is 3.43. The molecule has 2 aromatic carbocycles. The highest BCUT2D eigenvalue weighted by molar-refractivity contribution is 6.02. The molecule has 6 nitrogen and oxygen atoms in total. The summed E-state index contributed by atoms with van der Waals surface area (Å²) in [7, 11) is 3.11. The Bertz CT molecular complexity index is 785. The van der Waals surface area contributed by atoms with Crippen molar-refractivity contribution in [3.63, 3.8) is 0 Å². The molecule has 0 radical (unpaired) electrons. The van der Waals surface area contributed by atoms with Gasteiger partial charge in [0.1, 0.15) is 11.5 Å². The van der Waals surface area contributed by atoms with E-state index in [2.05, 4.69) is 5.32 Å². The van der Waals surface area contributed by atoms with Crippen molar-refractivity contribution in [1.29, 1.82) is 0 Å². The minimum atomic E-state index is -0.267. The van der Waals surface area contributed by atoms with E-state index in [1.165, 1.54) is 13.2 Å². The SMILES string of the molecule is COc1ccc(NC(=O)C=Cc2ccc3c(c2)OCO3)c(OC)c1. The molecule has 2 aromatic rings. The topological polar surface area (TPSA) is 66.0 Å². The number of carbonyl (C=O) groups is 1. The number of nitrogens with one attached hydrogen (secondary N) is 1. The first-order valence-corrected chi connectivity index (χ1v) is 7.30. The largest absolute Gasteiger partial charge is 0.497 e. The van der Waals surface area contributed by atoms with Gasteiger partial charge < -0.3 is 24.3 Å². The molecule has 0 saturated carbocycles. The van der Waals surface area contributed by atoms with Crippen LogP contribution in [-0.2, 0) is 4.79 Å². The van der Waals surface area contributed by atoms with E-state index < -0.39 is 0 Å². The van der Waals surface area contributed by atoms with Gasteiger partial charge in [-0.25, -0.2) is 0 Å². The summed E-state index contributed by atoms with van der Waals surface area (Å²) in [4.78, 5) is 12.1. The molecule has 0 atom stereocenters. The van der Waals surface area contributed by atoms with Crippen molar-refractivity contribution in [3.8, 4) is 23.0 Å². The minimum Gasteiger partial charge on any atom is -0.497 e. The van der Waals surface area contributed by atoms with Gasteiger partial charge in [0.25, 0.3) is 0 Å². The van der Waals surface area contributed by atoms with Crippen LogP contribution in [0.5, 0.6) is 23.0 Å². The Balaban J connectivity index is 1.69. The highest BCUT2D eigenvalue weighted by Crippen LogP contribution is 2.33. The van der Waals surface area contributed by atoms with Crippen LogP contribution < -0.4 is 24.3 Å². The van der Waals surface area contributed by atoms with Gasteiger partial charge in [-0.15, -0.1) is 0 Å². The average Bonchev–Trinajstić information content (AvgIpc) is 3.08. The number of fused-ring (bicyclic) bond motifs is 1. The lowest BCUT2D eigenvalue weighted by Gasteiger charge is -2.10. The fraction of sp³-hybridized carbons (Fsp3) is 0.167. The van der Waals surface area contributed by atoms with Gasteiger partial charge in [-0.3, -0.25) is 4.79 Å². The summed E-state index contributed by atoms with van der Waals surface area (Å²) in [5.74, 6) is 2.30. The summed E-state index contributed by atoms with van der Waals surface area (Å²) in [6.07, 6.45) is 3.15. The molecule has 0 aromatic heterocycles. The minimum absolute atomic E-state index is 0.222. The molecular formula is C18H17NO5. The molecule has 124 valence electrons. The third-order valence-corrected chi connectivity index (χ3v) is 3.49. The fourth-order valence-electron chi connectivity index (χ4n) is 2.26. The molecule has 0 bridgehead atoms. The Hall–Kier alpha value is -3.15. The van der Waals surface area contributed by atoms with E-state index in [0.717, 1.165) is 5.56 Å². The van der Waals surface area contributed by atoms with Crippen LogP contribution in [0.1, 0.15) is 5.56 Å². The number of methoxy groups -OCH3 is 2. The Morgan fingerprint density at radius 1 is 1.08 bits per heavy atom. The molecule has 3 rings (SSSR count). The van der Waals surface area contributed by atoms with E-state index in [1.807, 2.05) is 18.2 Å². The van der Waals surface area contributed by atoms with Crippen LogP contribution in [0.25, 0.3) is 6.08 Å². The second-order valence-electron chi connectivity index (χ2n) is 5.00. The highest BCUT2D eigenvalue weighted by Gasteiger charge is 2.12. The number of carbonyl (C=O) groups excluding carboxylic acids is 1. The molecule has 1 amide bonds. The number of ether oxygens (including phenoxy) is 4. The number of hydrogen-bond acceptors (Lipinski definition) is 5. The second kappa shape index (κ2) is 6.95. The lowest BCUT2D eigenvalue weighted by molar-refractivity contribution is -0.111. The van der Waals surface area contributed by atoms with Crippen molar-refractivity contribution in [3.05, 3.63) is 48.0 Å². The summed E-state index contributed by atoms with van der Waals surface area (Å²) in [5.41, 5.74) is 1.41. The second-order valence-corrected chi connectivity index (χ2v) is 5.00. The van der Waals surface area contributed by atoms with E-state index in [4.69, 9.17) is 18.9 Å².